The minimum Gasteiger partial charge on any atom is -0.325 e. The highest BCUT2D eigenvalue weighted by molar-refractivity contribution is 8.00. The van der Waals surface area contributed by atoms with Crippen molar-refractivity contribution in [1.82, 2.24) is 19.5 Å². The molecule has 1 aromatic carbocycles. The number of fused-ring (bicyclic) bond motifs is 2. The van der Waals surface area contributed by atoms with Gasteiger partial charge in [-0.25, -0.2) is 9.97 Å². The molecule has 0 saturated carbocycles. The molecule has 4 aromatic rings. The van der Waals surface area contributed by atoms with Crippen LogP contribution in [0, 0.1) is 0 Å². The first kappa shape index (κ1) is 12.8. The van der Waals surface area contributed by atoms with Crippen molar-refractivity contribution in [2.45, 2.75) is 10.9 Å². The van der Waals surface area contributed by atoms with Crippen LogP contribution in [0.25, 0.3) is 21.3 Å². The van der Waals surface area contributed by atoms with Gasteiger partial charge in [0.2, 0.25) is 0 Å². The van der Waals surface area contributed by atoms with E-state index in [1.807, 2.05) is 18.6 Å². The number of thiazole rings is 1. The molecule has 0 aliphatic heterocycles. The summed E-state index contributed by atoms with van der Waals surface area (Å²) in [6.45, 7) is 0.796. The minimum absolute atomic E-state index is 0.796. The van der Waals surface area contributed by atoms with Gasteiger partial charge >= 0.3 is 0 Å². The molecule has 0 N–H and O–H groups in total. The number of aromatic nitrogens is 4. The predicted molar refractivity (Wildman–Crippen MR) is 88.0 cm³/mol. The van der Waals surface area contributed by atoms with E-state index in [-0.39, 0.29) is 0 Å². The average Bonchev–Trinajstić information content (AvgIpc) is 3.11. The molecule has 0 saturated heterocycles. The van der Waals surface area contributed by atoms with Gasteiger partial charge in [0.1, 0.15) is 0 Å². The van der Waals surface area contributed by atoms with Gasteiger partial charge < -0.3 is 4.57 Å². The summed E-state index contributed by atoms with van der Waals surface area (Å²) in [6, 6.07) is 8.38. The fraction of sp³-hybridized carbons (Fsp3) is 0.133. The zero-order valence-electron chi connectivity index (χ0n) is 11.4. The number of hydrogen-bond donors (Lipinski definition) is 0. The Morgan fingerprint density at radius 2 is 2.19 bits per heavy atom. The van der Waals surface area contributed by atoms with E-state index < -0.39 is 0 Å². The lowest BCUT2D eigenvalue weighted by Crippen LogP contribution is -1.97. The zero-order valence-corrected chi connectivity index (χ0v) is 13.0. The fourth-order valence-corrected chi connectivity index (χ4v) is 3.91. The van der Waals surface area contributed by atoms with Crippen molar-refractivity contribution in [3.05, 3.63) is 48.5 Å². The first-order valence-corrected chi connectivity index (χ1v) is 8.56. The second kappa shape index (κ2) is 5.13. The SMILES string of the molecule is CSc1nc2ccc(Cn3cnc4ccncc43)cc2s1. The molecule has 0 amide bonds. The Morgan fingerprint density at radius 1 is 1.24 bits per heavy atom. The van der Waals surface area contributed by atoms with Gasteiger partial charge in [-0.15, -0.1) is 11.3 Å². The van der Waals surface area contributed by atoms with Crippen molar-refractivity contribution in [2.24, 2.45) is 0 Å². The first-order valence-electron chi connectivity index (χ1n) is 6.52. The molecule has 4 nitrogen and oxygen atoms in total. The highest BCUT2D eigenvalue weighted by Crippen LogP contribution is 2.29. The van der Waals surface area contributed by atoms with Crippen molar-refractivity contribution >= 4 is 44.3 Å². The van der Waals surface area contributed by atoms with Gasteiger partial charge in [0.15, 0.2) is 4.34 Å². The molecule has 0 aliphatic rings. The summed E-state index contributed by atoms with van der Waals surface area (Å²) >= 11 is 3.43. The third-order valence-electron chi connectivity index (χ3n) is 3.38. The summed E-state index contributed by atoms with van der Waals surface area (Å²) in [6.07, 6.45) is 7.56. The van der Waals surface area contributed by atoms with E-state index in [2.05, 4.69) is 44.0 Å². The highest BCUT2D eigenvalue weighted by Gasteiger charge is 2.06. The van der Waals surface area contributed by atoms with E-state index in [4.69, 9.17) is 0 Å². The molecular weight excluding hydrogens is 300 g/mol. The largest absolute Gasteiger partial charge is 0.325 e. The predicted octanol–water partition coefficient (Wildman–Crippen LogP) is 3.81. The molecule has 0 atom stereocenters. The summed E-state index contributed by atoms with van der Waals surface area (Å²) in [5, 5.41) is 0. The van der Waals surface area contributed by atoms with Crippen LogP contribution in [0.2, 0.25) is 0 Å². The average molecular weight is 312 g/mol. The molecule has 6 heteroatoms. The maximum atomic E-state index is 4.57. The van der Waals surface area contributed by atoms with Crippen LogP contribution in [0.1, 0.15) is 5.56 Å². The Bertz CT molecular complexity index is 926. The maximum absolute atomic E-state index is 4.57. The van der Waals surface area contributed by atoms with E-state index in [0.29, 0.717) is 0 Å². The summed E-state index contributed by atoms with van der Waals surface area (Å²) in [4.78, 5) is 13.2. The Hall–Kier alpha value is -1.92. The van der Waals surface area contributed by atoms with Crippen molar-refractivity contribution < 1.29 is 0 Å². The molecule has 0 radical (unpaired) electrons. The van der Waals surface area contributed by atoms with E-state index in [0.717, 1.165) is 27.4 Å². The lowest BCUT2D eigenvalue weighted by atomic mass is 10.2. The number of hydrogen-bond acceptors (Lipinski definition) is 5. The first-order chi connectivity index (χ1) is 10.3. The summed E-state index contributed by atoms with van der Waals surface area (Å²) in [5.74, 6) is 0. The smallest absolute Gasteiger partial charge is 0.150 e. The summed E-state index contributed by atoms with van der Waals surface area (Å²) < 4.78 is 4.47. The van der Waals surface area contributed by atoms with Crippen LogP contribution in [-0.4, -0.2) is 25.8 Å². The Labute approximate surface area is 129 Å². The number of nitrogens with zero attached hydrogens (tertiary/aromatic N) is 4. The molecule has 0 aliphatic carbocycles. The highest BCUT2D eigenvalue weighted by atomic mass is 32.2. The molecule has 0 fully saturated rings. The number of benzene rings is 1. The number of rotatable bonds is 3. The van der Waals surface area contributed by atoms with Crippen LogP contribution < -0.4 is 0 Å². The third kappa shape index (κ3) is 2.30. The van der Waals surface area contributed by atoms with Crippen LogP contribution in [0.4, 0.5) is 0 Å². The molecule has 0 unspecified atom stereocenters. The standard InChI is InChI=1S/C15H12N4S2/c1-20-15-18-12-3-2-10(6-14(12)21-15)8-19-9-17-11-4-5-16-7-13(11)19/h2-7,9H,8H2,1H3. The van der Waals surface area contributed by atoms with E-state index in [9.17, 15) is 0 Å². The summed E-state index contributed by atoms with van der Waals surface area (Å²) in [7, 11) is 0. The third-order valence-corrected chi connectivity index (χ3v) is 5.39. The summed E-state index contributed by atoms with van der Waals surface area (Å²) in [5.41, 5.74) is 4.37. The molecule has 0 spiro atoms. The number of thioether (sulfide) groups is 1. The van der Waals surface area contributed by atoms with Crippen LogP contribution in [-0.2, 0) is 6.54 Å². The van der Waals surface area contributed by atoms with Crippen LogP contribution in [0.3, 0.4) is 0 Å². The minimum atomic E-state index is 0.796. The molecular formula is C15H12N4S2. The van der Waals surface area contributed by atoms with Crippen LogP contribution in [0.15, 0.2) is 47.3 Å². The molecule has 3 aromatic heterocycles. The van der Waals surface area contributed by atoms with Crippen molar-refractivity contribution in [1.29, 1.82) is 0 Å². The second-order valence-corrected chi connectivity index (χ2v) is 6.81. The fourth-order valence-electron chi connectivity index (χ4n) is 2.36. The number of imidazole rings is 1. The normalized spacial score (nSPS) is 11.5. The lowest BCUT2D eigenvalue weighted by molar-refractivity contribution is 0.824. The van der Waals surface area contributed by atoms with Gasteiger partial charge in [-0.3, -0.25) is 4.98 Å². The molecule has 104 valence electrons. The zero-order chi connectivity index (χ0) is 14.2. The molecule has 4 rings (SSSR count). The molecule has 0 bridgehead atoms. The maximum Gasteiger partial charge on any atom is 0.150 e. The van der Waals surface area contributed by atoms with Crippen LogP contribution >= 0.6 is 23.1 Å². The van der Waals surface area contributed by atoms with Gasteiger partial charge in [0.05, 0.1) is 33.8 Å². The van der Waals surface area contributed by atoms with Crippen molar-refractivity contribution in [3.63, 3.8) is 0 Å². The van der Waals surface area contributed by atoms with Gasteiger partial charge in [-0.05, 0) is 30.0 Å². The van der Waals surface area contributed by atoms with Crippen LogP contribution in [0.5, 0.6) is 0 Å². The number of pyridine rings is 1. The Kier molecular flexibility index (Phi) is 3.12. The van der Waals surface area contributed by atoms with Gasteiger partial charge in [0.25, 0.3) is 0 Å². The van der Waals surface area contributed by atoms with Crippen molar-refractivity contribution in [3.8, 4) is 0 Å². The second-order valence-electron chi connectivity index (χ2n) is 4.72. The Morgan fingerprint density at radius 3 is 3.10 bits per heavy atom. The monoisotopic (exact) mass is 312 g/mol. The van der Waals surface area contributed by atoms with Gasteiger partial charge in [-0.1, -0.05) is 17.8 Å². The molecule has 21 heavy (non-hydrogen) atoms. The topological polar surface area (TPSA) is 43.6 Å². The van der Waals surface area contributed by atoms with E-state index in [1.54, 1.807) is 29.3 Å². The van der Waals surface area contributed by atoms with Gasteiger partial charge in [-0.2, -0.15) is 0 Å². The van der Waals surface area contributed by atoms with Crippen molar-refractivity contribution in [2.75, 3.05) is 6.26 Å². The quantitative estimate of drug-likeness (QED) is 0.540. The van der Waals surface area contributed by atoms with Gasteiger partial charge in [0, 0.05) is 12.7 Å². The lowest BCUT2D eigenvalue weighted by Gasteiger charge is -2.04. The Balaban J connectivity index is 1.73. The van der Waals surface area contributed by atoms with E-state index in [1.165, 1.54) is 10.3 Å². The molecule has 3 heterocycles. The van der Waals surface area contributed by atoms with E-state index >= 15 is 0 Å².